The van der Waals surface area contributed by atoms with E-state index in [0.29, 0.717) is 23.7 Å². The Hall–Kier alpha value is -3.26. The zero-order chi connectivity index (χ0) is 16.7. The van der Waals surface area contributed by atoms with Crippen molar-refractivity contribution in [3.63, 3.8) is 0 Å². The van der Waals surface area contributed by atoms with E-state index in [0.717, 1.165) is 5.56 Å². The van der Waals surface area contributed by atoms with Gasteiger partial charge in [-0.1, -0.05) is 36.4 Å². The fourth-order valence-corrected chi connectivity index (χ4v) is 1.94. The van der Waals surface area contributed by atoms with E-state index in [1.54, 1.807) is 24.3 Å². The van der Waals surface area contributed by atoms with Gasteiger partial charge < -0.3 is 14.6 Å². The van der Waals surface area contributed by atoms with E-state index < -0.39 is 5.97 Å². The van der Waals surface area contributed by atoms with Crippen LogP contribution < -0.4 is 9.47 Å². The number of aliphatic carboxylic acids is 1. The normalized spacial score (nSPS) is 10.7. The quantitative estimate of drug-likeness (QED) is 0.654. The van der Waals surface area contributed by atoms with Gasteiger partial charge in [0, 0.05) is 0 Å². The minimum absolute atomic E-state index is 0.343. The van der Waals surface area contributed by atoms with Crippen LogP contribution in [0.4, 0.5) is 0 Å². The monoisotopic (exact) mass is 309 g/mol. The van der Waals surface area contributed by atoms with Gasteiger partial charge in [0.15, 0.2) is 11.5 Å². The molecule has 5 nitrogen and oxygen atoms in total. The summed E-state index contributed by atoms with van der Waals surface area (Å²) < 4.78 is 11.0. The molecule has 0 spiro atoms. The van der Waals surface area contributed by atoms with Crippen LogP contribution in [0.1, 0.15) is 11.1 Å². The lowest BCUT2D eigenvalue weighted by molar-refractivity contribution is -0.132. The lowest BCUT2D eigenvalue weighted by atomic mass is 10.1. The summed E-state index contributed by atoms with van der Waals surface area (Å²) in [6.45, 7) is 0.356. The van der Waals surface area contributed by atoms with Crippen molar-refractivity contribution in [1.29, 1.82) is 5.26 Å². The molecule has 0 amide bonds. The molecule has 0 unspecified atom stereocenters. The average molecular weight is 309 g/mol. The minimum atomic E-state index is -1.27. The molecule has 2 aromatic rings. The van der Waals surface area contributed by atoms with Crippen molar-refractivity contribution in [2.75, 3.05) is 7.11 Å². The first-order valence-electron chi connectivity index (χ1n) is 6.84. The van der Waals surface area contributed by atoms with E-state index in [2.05, 4.69) is 0 Å². The second-order valence-electron chi connectivity index (χ2n) is 4.66. The lowest BCUT2D eigenvalue weighted by Gasteiger charge is -2.11. The predicted molar refractivity (Wildman–Crippen MR) is 85.0 cm³/mol. The highest BCUT2D eigenvalue weighted by molar-refractivity contribution is 5.96. The Morgan fingerprint density at radius 1 is 1.22 bits per heavy atom. The van der Waals surface area contributed by atoms with Crippen molar-refractivity contribution < 1.29 is 19.4 Å². The lowest BCUT2D eigenvalue weighted by Crippen LogP contribution is -1.99. The molecule has 2 rings (SSSR count). The summed E-state index contributed by atoms with van der Waals surface area (Å²) in [6.07, 6.45) is 1.29. The van der Waals surface area contributed by atoms with Crippen LogP contribution in [-0.2, 0) is 11.4 Å². The zero-order valence-electron chi connectivity index (χ0n) is 12.5. The van der Waals surface area contributed by atoms with Crippen LogP contribution in [0.2, 0.25) is 0 Å². The third-order valence-corrected chi connectivity index (χ3v) is 3.09. The van der Waals surface area contributed by atoms with Crippen molar-refractivity contribution in [2.24, 2.45) is 0 Å². The molecule has 116 valence electrons. The fraction of sp³-hybridized carbons (Fsp3) is 0.111. The maximum Gasteiger partial charge on any atom is 0.346 e. The number of hydrogen-bond acceptors (Lipinski definition) is 4. The number of carbonyl (C=O) groups is 1. The number of carboxylic acid groups (broad SMARTS) is 1. The highest BCUT2D eigenvalue weighted by Crippen LogP contribution is 2.29. The summed E-state index contributed by atoms with van der Waals surface area (Å²) in [6, 6.07) is 16.3. The van der Waals surface area contributed by atoms with Gasteiger partial charge in [0.25, 0.3) is 0 Å². The van der Waals surface area contributed by atoms with Crippen LogP contribution in [0, 0.1) is 11.3 Å². The van der Waals surface area contributed by atoms with E-state index in [9.17, 15) is 4.79 Å². The first-order valence-corrected chi connectivity index (χ1v) is 6.84. The Morgan fingerprint density at radius 3 is 2.57 bits per heavy atom. The predicted octanol–water partition coefficient (Wildman–Crippen LogP) is 3.27. The average Bonchev–Trinajstić information content (AvgIpc) is 2.58. The second-order valence-corrected chi connectivity index (χ2v) is 4.66. The van der Waals surface area contributed by atoms with E-state index >= 15 is 0 Å². The molecule has 0 aliphatic heterocycles. The Morgan fingerprint density at radius 2 is 1.96 bits per heavy atom. The summed E-state index contributed by atoms with van der Waals surface area (Å²) >= 11 is 0. The van der Waals surface area contributed by atoms with E-state index in [-0.39, 0.29) is 5.57 Å². The molecule has 5 heteroatoms. The van der Waals surface area contributed by atoms with Gasteiger partial charge in [-0.2, -0.15) is 5.26 Å². The van der Waals surface area contributed by atoms with Gasteiger partial charge in [0.05, 0.1) is 7.11 Å². The number of benzene rings is 2. The highest BCUT2D eigenvalue weighted by Gasteiger charge is 2.09. The number of hydrogen-bond donors (Lipinski definition) is 1. The minimum Gasteiger partial charge on any atom is -0.493 e. The van der Waals surface area contributed by atoms with Crippen LogP contribution in [0.5, 0.6) is 11.5 Å². The molecule has 2 aromatic carbocycles. The number of ether oxygens (including phenoxy) is 2. The molecule has 0 bridgehead atoms. The summed E-state index contributed by atoms with van der Waals surface area (Å²) in [5, 5.41) is 17.7. The summed E-state index contributed by atoms with van der Waals surface area (Å²) in [5.41, 5.74) is 1.20. The number of nitriles is 1. The molecule has 0 atom stereocenters. The topological polar surface area (TPSA) is 79.5 Å². The van der Waals surface area contributed by atoms with Gasteiger partial charge in [-0.15, -0.1) is 0 Å². The molecule has 0 saturated carbocycles. The summed E-state index contributed by atoms with van der Waals surface area (Å²) in [7, 11) is 1.53. The SMILES string of the molecule is COc1ccc(/C=C(\C#N)C(=O)O)cc1OCc1ccccc1. The van der Waals surface area contributed by atoms with E-state index in [1.807, 2.05) is 30.3 Å². The van der Waals surface area contributed by atoms with Crippen molar-refractivity contribution in [3.05, 3.63) is 65.2 Å². The maximum absolute atomic E-state index is 10.9. The van der Waals surface area contributed by atoms with Crippen LogP contribution in [0.15, 0.2) is 54.1 Å². The Labute approximate surface area is 134 Å². The molecule has 0 saturated heterocycles. The number of nitrogens with zero attached hydrogens (tertiary/aromatic N) is 1. The van der Waals surface area contributed by atoms with Gasteiger partial charge in [-0.3, -0.25) is 0 Å². The van der Waals surface area contributed by atoms with Crippen LogP contribution in [0.25, 0.3) is 6.08 Å². The second kappa shape index (κ2) is 7.66. The molecule has 1 N–H and O–H groups in total. The Balaban J connectivity index is 2.25. The van der Waals surface area contributed by atoms with Crippen LogP contribution in [-0.4, -0.2) is 18.2 Å². The first-order chi connectivity index (χ1) is 11.1. The van der Waals surface area contributed by atoms with Crippen molar-refractivity contribution in [2.45, 2.75) is 6.61 Å². The molecule has 0 aliphatic carbocycles. The van der Waals surface area contributed by atoms with Crippen LogP contribution >= 0.6 is 0 Å². The third-order valence-electron chi connectivity index (χ3n) is 3.09. The third kappa shape index (κ3) is 4.35. The zero-order valence-corrected chi connectivity index (χ0v) is 12.5. The van der Waals surface area contributed by atoms with Crippen LogP contribution in [0.3, 0.4) is 0 Å². The molecule has 0 aromatic heterocycles. The Bertz CT molecular complexity index is 760. The van der Waals surface area contributed by atoms with Crippen molar-refractivity contribution in [3.8, 4) is 17.6 Å². The van der Waals surface area contributed by atoms with Crippen molar-refractivity contribution in [1.82, 2.24) is 0 Å². The highest BCUT2D eigenvalue weighted by atomic mass is 16.5. The molecular formula is C18H15NO4. The molecular weight excluding hydrogens is 294 g/mol. The standard InChI is InChI=1S/C18H15NO4/c1-22-16-8-7-14(9-15(11-19)18(20)21)10-17(16)23-12-13-5-3-2-4-6-13/h2-10H,12H2,1H3,(H,20,21)/b15-9+. The van der Waals surface area contributed by atoms with Gasteiger partial charge in [-0.25, -0.2) is 4.79 Å². The number of carboxylic acids is 1. The van der Waals surface area contributed by atoms with E-state index in [4.69, 9.17) is 19.8 Å². The molecule has 23 heavy (non-hydrogen) atoms. The summed E-state index contributed by atoms with van der Waals surface area (Å²) in [4.78, 5) is 10.9. The summed E-state index contributed by atoms with van der Waals surface area (Å²) in [5.74, 6) is -0.255. The smallest absolute Gasteiger partial charge is 0.346 e. The molecule has 0 heterocycles. The van der Waals surface area contributed by atoms with Gasteiger partial charge >= 0.3 is 5.97 Å². The molecule has 0 fully saturated rings. The fourth-order valence-electron chi connectivity index (χ4n) is 1.94. The largest absolute Gasteiger partial charge is 0.493 e. The van der Waals surface area contributed by atoms with Crippen molar-refractivity contribution >= 4 is 12.0 Å². The van der Waals surface area contributed by atoms with Gasteiger partial charge in [-0.05, 0) is 29.3 Å². The maximum atomic E-state index is 10.9. The van der Waals surface area contributed by atoms with E-state index in [1.165, 1.54) is 13.2 Å². The molecule has 0 radical (unpaired) electrons. The first kappa shape index (κ1) is 16.1. The van der Waals surface area contributed by atoms with Gasteiger partial charge in [0.1, 0.15) is 18.2 Å². The number of rotatable bonds is 6. The molecule has 0 aliphatic rings. The number of methoxy groups -OCH3 is 1. The Kier molecular flexibility index (Phi) is 5.37. The van der Waals surface area contributed by atoms with Gasteiger partial charge in [0.2, 0.25) is 0 Å².